The average molecular weight is 2050 g/mol. The number of benzene rings is 14. The molecule has 16 aromatic rings. The number of rotatable bonds is 20. The van der Waals surface area contributed by atoms with E-state index in [1.165, 1.54) is 35.8 Å². The Hall–Kier alpha value is -12.5. The van der Waals surface area contributed by atoms with Gasteiger partial charge in [-0.05, 0) is 249 Å². The van der Waals surface area contributed by atoms with Crippen molar-refractivity contribution in [3.63, 3.8) is 0 Å². The molecule has 21 nitrogen and oxygen atoms in total. The number of carbonyl (C=O) groups excluding carboxylic acids is 1. The van der Waals surface area contributed by atoms with Crippen molar-refractivity contribution in [2.45, 2.75) is 134 Å². The van der Waals surface area contributed by atoms with E-state index in [0.29, 0.717) is 104 Å². The third-order valence-corrected chi connectivity index (χ3v) is 24.9. The standard InChI is InChI=1S/C27H28O6.C18H24O5.2C14H17BO3.C14H13BrO.C13H11BrO2.C11H9BrO/c1-12(2)10-18-23(29)26(32)25(31)22-24(30)21(14(5)33-27(18)22)16-6-8-17-15(11-16)7-9-19(28)20(17)13(3)4;1-9(2)8-12-15-13(14(19)10(3)11(4)23-15)17(21-6)18(22-7)16(12)20-5;2*1-9(2)14-12-6-5-11(15(16)17)8-10(12)4-7-13(14)18-3;1-9(2)14-12-6-5-11(15)8-10(12)4-7-13(14)16-3;1-8(15)13-11-5-4-10(14)7-9(11)3-6-12(13)16-2;1-13-11-5-3-8-6-10(12)4-2-9(8)7-11/h6-9,11-13,28-29,31-32H,10H2,1-5H3;9H,8H2,1-7H3;2*4-9,16-17H,1-3H3;4-8H,1H2,2-3H3;3-7H,1-2H3;2-7H,1H3. The number of ether oxygens (including phenoxy) is 8. The van der Waals surface area contributed by atoms with Crippen molar-refractivity contribution in [1.29, 1.82) is 0 Å². The van der Waals surface area contributed by atoms with Crippen LogP contribution in [0.2, 0.25) is 0 Å². The third kappa shape index (κ3) is 24.0. The van der Waals surface area contributed by atoms with Gasteiger partial charge in [-0.2, -0.15) is 0 Å². The quantitative estimate of drug-likeness (QED) is 0.0200. The second-order valence-electron chi connectivity index (χ2n) is 34.9. The largest absolute Gasteiger partial charge is 0.508 e. The summed E-state index contributed by atoms with van der Waals surface area (Å²) in [6, 6.07) is 59.7. The summed E-state index contributed by atoms with van der Waals surface area (Å²) < 4.78 is 58.2. The number of hydrogen-bond donors (Lipinski definition) is 8. The monoisotopic (exact) mass is 2050 g/mol. The topological polar surface area (TPSA) is 313 Å². The van der Waals surface area contributed by atoms with E-state index >= 15 is 0 Å². The molecule has 2 aromatic heterocycles. The van der Waals surface area contributed by atoms with Gasteiger partial charge in [0.1, 0.15) is 68.0 Å². The summed E-state index contributed by atoms with van der Waals surface area (Å²) in [4.78, 5) is 38.0. The van der Waals surface area contributed by atoms with Crippen LogP contribution in [0, 0.1) is 32.6 Å². The minimum absolute atomic E-state index is 0.0183. The van der Waals surface area contributed by atoms with E-state index in [1.54, 1.807) is 113 Å². The summed E-state index contributed by atoms with van der Waals surface area (Å²) in [5.41, 5.74) is 9.42. The lowest BCUT2D eigenvalue weighted by Gasteiger charge is -2.20. The first-order valence-corrected chi connectivity index (χ1v) is 47.0. The van der Waals surface area contributed by atoms with E-state index in [1.807, 2.05) is 144 Å². The van der Waals surface area contributed by atoms with Crippen LogP contribution in [-0.4, -0.2) is 117 Å². The predicted octanol–water partition coefficient (Wildman–Crippen LogP) is 25.1. The van der Waals surface area contributed by atoms with Crippen molar-refractivity contribution >= 4 is 171 Å². The summed E-state index contributed by atoms with van der Waals surface area (Å²) in [6.07, 6.45) is 1.06. The summed E-state index contributed by atoms with van der Waals surface area (Å²) in [5, 5.41) is 91.2. The van der Waals surface area contributed by atoms with Gasteiger partial charge in [0.2, 0.25) is 16.9 Å². The van der Waals surface area contributed by atoms with Gasteiger partial charge < -0.3 is 87.3 Å². The maximum absolute atomic E-state index is 13.6. The Morgan fingerprint density at radius 1 is 0.380 bits per heavy atom. The smallest absolute Gasteiger partial charge is 0.488 e. The van der Waals surface area contributed by atoms with Crippen molar-refractivity contribution in [3.8, 4) is 80.1 Å². The van der Waals surface area contributed by atoms with Crippen LogP contribution in [0.3, 0.4) is 0 Å². The van der Waals surface area contributed by atoms with Crippen LogP contribution in [-0.2, 0) is 12.8 Å². The molecule has 0 aliphatic carbocycles. The fourth-order valence-electron chi connectivity index (χ4n) is 17.0. The number of fused-ring (bicyclic) bond motifs is 8. The van der Waals surface area contributed by atoms with Gasteiger partial charge in [0.25, 0.3) is 0 Å². The van der Waals surface area contributed by atoms with Crippen molar-refractivity contribution in [3.05, 3.63) is 285 Å². The van der Waals surface area contributed by atoms with E-state index in [0.717, 1.165) is 113 Å². The van der Waals surface area contributed by atoms with Crippen LogP contribution in [0.1, 0.15) is 162 Å². The molecular weight excluding hydrogens is 1930 g/mol. The van der Waals surface area contributed by atoms with Crippen LogP contribution >= 0.6 is 47.8 Å². The molecule has 0 saturated heterocycles. The van der Waals surface area contributed by atoms with E-state index in [-0.39, 0.29) is 50.9 Å². The van der Waals surface area contributed by atoms with E-state index in [2.05, 4.69) is 132 Å². The number of hydrogen-bond acceptors (Lipinski definition) is 21. The second kappa shape index (κ2) is 47.0. The number of ketones is 1. The molecule has 0 spiro atoms. The normalized spacial score (nSPS) is 11.0. The molecule has 8 N–H and O–H groups in total. The van der Waals surface area contributed by atoms with E-state index < -0.39 is 36.9 Å². The van der Waals surface area contributed by atoms with Gasteiger partial charge in [0.15, 0.2) is 34.2 Å². The fourth-order valence-corrected chi connectivity index (χ4v) is 18.1. The molecular formula is C111H119B2Br3O21. The zero-order valence-electron chi connectivity index (χ0n) is 81.6. The first-order chi connectivity index (χ1) is 65.0. The molecule has 137 heavy (non-hydrogen) atoms. The van der Waals surface area contributed by atoms with Gasteiger partial charge in [0, 0.05) is 52.4 Å². The van der Waals surface area contributed by atoms with E-state index in [4.69, 9.17) is 46.7 Å². The number of aromatic hydroxyl groups is 4. The molecule has 0 bridgehead atoms. The molecule has 0 saturated carbocycles. The van der Waals surface area contributed by atoms with Crippen LogP contribution in [0.4, 0.5) is 0 Å². The lowest BCUT2D eigenvalue weighted by molar-refractivity contribution is 0.101. The number of methoxy groups -OCH3 is 8. The van der Waals surface area contributed by atoms with Gasteiger partial charge in [-0.25, -0.2) is 0 Å². The number of aryl methyl sites for hydroxylation is 2. The Bertz CT molecular complexity index is 7080. The highest BCUT2D eigenvalue weighted by molar-refractivity contribution is 9.11. The Morgan fingerprint density at radius 3 is 1.23 bits per heavy atom. The van der Waals surface area contributed by atoms with Gasteiger partial charge in [-0.15, -0.1) is 0 Å². The minimum atomic E-state index is -1.43. The molecule has 0 amide bonds. The minimum Gasteiger partial charge on any atom is -0.508 e. The predicted molar refractivity (Wildman–Crippen MR) is 568 cm³/mol. The Morgan fingerprint density at radius 2 is 0.774 bits per heavy atom. The number of phenols is 4. The van der Waals surface area contributed by atoms with Crippen molar-refractivity contribution < 1.29 is 92.0 Å². The molecule has 0 unspecified atom stereocenters. The Kier molecular flexibility index (Phi) is 36.6. The molecule has 716 valence electrons. The summed E-state index contributed by atoms with van der Waals surface area (Å²) in [5.74, 6) is 6.02. The first-order valence-electron chi connectivity index (χ1n) is 44.6. The third-order valence-electron chi connectivity index (χ3n) is 23.4. The molecule has 0 aliphatic heterocycles. The Labute approximate surface area is 824 Å². The molecule has 0 aliphatic rings. The maximum Gasteiger partial charge on any atom is 0.488 e. The van der Waals surface area contributed by atoms with Crippen LogP contribution in [0.15, 0.2) is 226 Å². The molecule has 16 rings (SSSR count). The highest BCUT2D eigenvalue weighted by atomic mass is 79.9. The molecule has 0 fully saturated rings. The summed E-state index contributed by atoms with van der Waals surface area (Å²) >= 11 is 10.3. The van der Waals surface area contributed by atoms with Gasteiger partial charge in [-0.3, -0.25) is 14.4 Å². The zero-order chi connectivity index (χ0) is 101. The fraction of sp³-hybridized carbons (Fsp3) is 0.270. The molecule has 26 heteroatoms. The SMILES string of the molecule is C=C(C)c1c(OC)ccc2cc(Br)ccc12.COc1c(OC)c(OC)c2c(=O)c(C)c(C)oc2c1CC(C)C.COc1ccc2cc(B(O)O)ccc2c1C(C)C.COc1ccc2cc(B(O)O)ccc2c1C(C)C.COc1ccc2cc(Br)ccc2c1.COc1ccc2cc(Br)ccc2c1C(C)=O.Cc1oc2c(CC(C)C)c(O)c(O)c(O)c2c(=O)c1-c1ccc2c(C(C)C)c(O)ccc2c1. The van der Waals surface area contributed by atoms with Crippen molar-refractivity contribution in [2.24, 2.45) is 11.8 Å². The number of Topliss-reactive ketones (excluding diaryl/α,β-unsaturated/α-hetero) is 1. The van der Waals surface area contributed by atoms with Gasteiger partial charge in [0.05, 0.1) is 68.0 Å². The van der Waals surface area contributed by atoms with Crippen LogP contribution in [0.5, 0.6) is 69.0 Å². The molecule has 14 aromatic carbocycles. The summed E-state index contributed by atoms with van der Waals surface area (Å²) in [6.45, 7) is 33.3. The maximum atomic E-state index is 13.6. The molecule has 2 heterocycles. The second-order valence-corrected chi connectivity index (χ2v) is 37.6. The van der Waals surface area contributed by atoms with Gasteiger partial charge in [-0.1, -0.05) is 227 Å². The molecule has 0 radical (unpaired) electrons. The number of allylic oxidation sites excluding steroid dienone is 1. The van der Waals surface area contributed by atoms with Crippen molar-refractivity contribution in [1.82, 2.24) is 0 Å². The van der Waals surface area contributed by atoms with Gasteiger partial charge >= 0.3 is 14.2 Å². The summed E-state index contributed by atoms with van der Waals surface area (Å²) in [7, 11) is 10.0. The molecule has 0 atom stereocenters. The first kappa shape index (κ1) is 107. The lowest BCUT2D eigenvalue weighted by Crippen LogP contribution is -2.29. The highest BCUT2D eigenvalue weighted by Gasteiger charge is 2.30. The Balaban J connectivity index is 0.000000169. The lowest BCUT2D eigenvalue weighted by atomic mass is 9.79. The highest BCUT2D eigenvalue weighted by Crippen LogP contribution is 2.49. The van der Waals surface area contributed by atoms with Crippen LogP contribution in [0.25, 0.3) is 103 Å². The number of carbonyl (C=O) groups is 1. The van der Waals surface area contributed by atoms with Crippen LogP contribution < -0.4 is 59.7 Å². The number of halogens is 3. The average Bonchev–Trinajstić information content (AvgIpc) is 0.738. The zero-order valence-corrected chi connectivity index (χ0v) is 86.3. The number of phenolic OH excluding ortho intramolecular Hbond substituents is 4. The van der Waals surface area contributed by atoms with Crippen molar-refractivity contribution in [2.75, 3.05) is 56.9 Å². The van der Waals surface area contributed by atoms with E-state index in [9.17, 15) is 54.9 Å².